The van der Waals surface area contributed by atoms with E-state index in [0.29, 0.717) is 16.0 Å². The van der Waals surface area contributed by atoms with Crippen LogP contribution in [0.1, 0.15) is 0 Å². The maximum absolute atomic E-state index is 12.2. The number of halogens is 2. The monoisotopic (exact) mass is 376 g/mol. The summed E-state index contributed by atoms with van der Waals surface area (Å²) in [5.74, 6) is 0.398. The van der Waals surface area contributed by atoms with Gasteiger partial charge in [0.1, 0.15) is 4.90 Å². The fourth-order valence-electron chi connectivity index (χ4n) is 1.46. The number of nitrogens with zero attached hydrogens (tertiary/aromatic N) is 1. The Morgan fingerprint density at radius 1 is 1.30 bits per heavy atom. The summed E-state index contributed by atoms with van der Waals surface area (Å²) < 4.78 is 32.4. The molecule has 0 aliphatic carbocycles. The van der Waals surface area contributed by atoms with Gasteiger partial charge in [-0.25, -0.2) is 13.4 Å². The van der Waals surface area contributed by atoms with Gasteiger partial charge in [0, 0.05) is 10.5 Å². The zero-order valence-electron chi connectivity index (χ0n) is 10.3. The molecule has 0 aliphatic heterocycles. The molecular weight excluding hydrogens is 368 g/mol. The highest BCUT2D eigenvalue weighted by atomic mass is 79.9. The first-order valence-corrected chi connectivity index (χ1v) is 8.06. The largest absolute Gasteiger partial charge is 0.481 e. The summed E-state index contributed by atoms with van der Waals surface area (Å²) in [6.45, 7) is 0. The van der Waals surface area contributed by atoms with Crippen molar-refractivity contribution < 1.29 is 13.2 Å². The Bertz CT molecular complexity index is 720. The van der Waals surface area contributed by atoms with Gasteiger partial charge in [0.25, 0.3) is 10.0 Å². The van der Waals surface area contributed by atoms with Crippen LogP contribution in [0.15, 0.2) is 45.9 Å². The van der Waals surface area contributed by atoms with Gasteiger partial charge in [-0.1, -0.05) is 27.5 Å². The summed E-state index contributed by atoms with van der Waals surface area (Å²) in [5.41, 5.74) is 0.324. The Hall–Kier alpha value is -1.31. The molecule has 2 aromatic rings. The third-order valence-corrected chi connectivity index (χ3v) is 4.74. The van der Waals surface area contributed by atoms with Gasteiger partial charge in [-0.3, -0.25) is 4.72 Å². The molecule has 0 fully saturated rings. The molecule has 0 bridgehead atoms. The number of ether oxygens (including phenoxy) is 1. The van der Waals surface area contributed by atoms with Crippen LogP contribution in [0.4, 0.5) is 5.69 Å². The first-order chi connectivity index (χ1) is 9.42. The number of hydrogen-bond donors (Lipinski definition) is 1. The summed E-state index contributed by atoms with van der Waals surface area (Å²) in [6.07, 6.45) is 1.36. The second-order valence-electron chi connectivity index (χ2n) is 3.77. The van der Waals surface area contributed by atoms with Gasteiger partial charge in [0.2, 0.25) is 5.88 Å². The number of sulfonamides is 1. The van der Waals surface area contributed by atoms with Gasteiger partial charge in [-0.2, -0.15) is 0 Å². The third kappa shape index (κ3) is 3.41. The lowest BCUT2D eigenvalue weighted by Crippen LogP contribution is -2.13. The summed E-state index contributed by atoms with van der Waals surface area (Å²) in [4.78, 5) is 3.92. The fraction of sp³-hybridized carbons (Fsp3) is 0.0833. The van der Waals surface area contributed by atoms with E-state index in [4.69, 9.17) is 16.3 Å². The number of aromatic nitrogens is 1. The lowest BCUT2D eigenvalue weighted by Gasteiger charge is -2.09. The van der Waals surface area contributed by atoms with Gasteiger partial charge < -0.3 is 4.74 Å². The molecule has 5 nitrogen and oxygen atoms in total. The standard InChI is InChI=1S/C12H10BrClN2O3S/c1-19-12-5-3-9(7-15-12)16-20(17,18)11-4-2-8(13)6-10(11)14/h2-7,16H,1H3. The molecule has 0 saturated carbocycles. The van der Waals surface area contributed by atoms with E-state index in [-0.39, 0.29) is 9.92 Å². The number of hydrogen-bond acceptors (Lipinski definition) is 4. The van der Waals surface area contributed by atoms with E-state index < -0.39 is 10.0 Å². The van der Waals surface area contributed by atoms with E-state index >= 15 is 0 Å². The predicted octanol–water partition coefficient (Wildman–Crippen LogP) is 3.31. The molecule has 8 heteroatoms. The lowest BCUT2D eigenvalue weighted by molar-refractivity contribution is 0.398. The van der Waals surface area contributed by atoms with Gasteiger partial charge in [-0.15, -0.1) is 0 Å². The van der Waals surface area contributed by atoms with Gasteiger partial charge >= 0.3 is 0 Å². The SMILES string of the molecule is COc1ccc(NS(=O)(=O)c2ccc(Br)cc2Cl)cn1. The number of pyridine rings is 1. The van der Waals surface area contributed by atoms with E-state index in [1.165, 1.54) is 25.4 Å². The van der Waals surface area contributed by atoms with Crippen molar-refractivity contribution in [1.82, 2.24) is 4.98 Å². The van der Waals surface area contributed by atoms with Crippen molar-refractivity contribution in [3.05, 3.63) is 46.0 Å². The zero-order chi connectivity index (χ0) is 14.8. The zero-order valence-corrected chi connectivity index (χ0v) is 13.5. The molecule has 2 rings (SSSR count). The number of benzene rings is 1. The molecule has 0 amide bonds. The Balaban J connectivity index is 2.30. The minimum Gasteiger partial charge on any atom is -0.481 e. The Labute approximate surface area is 130 Å². The van der Waals surface area contributed by atoms with Gasteiger partial charge in [-0.05, 0) is 24.3 Å². The van der Waals surface area contributed by atoms with Crippen LogP contribution in [0.25, 0.3) is 0 Å². The average Bonchev–Trinajstić information content (AvgIpc) is 2.38. The molecule has 1 N–H and O–H groups in total. The van der Waals surface area contributed by atoms with Crippen molar-refractivity contribution in [1.29, 1.82) is 0 Å². The van der Waals surface area contributed by atoms with Crippen molar-refractivity contribution >= 4 is 43.2 Å². The fourth-order valence-corrected chi connectivity index (χ4v) is 3.55. The quantitative estimate of drug-likeness (QED) is 0.887. The number of rotatable bonds is 4. The summed E-state index contributed by atoms with van der Waals surface area (Å²) in [5, 5.41) is 0.133. The van der Waals surface area contributed by atoms with Crippen molar-refractivity contribution in [3.63, 3.8) is 0 Å². The highest BCUT2D eigenvalue weighted by Gasteiger charge is 2.18. The summed E-state index contributed by atoms with van der Waals surface area (Å²) in [6, 6.07) is 7.65. The lowest BCUT2D eigenvalue weighted by atomic mass is 10.4. The molecule has 0 spiro atoms. The van der Waals surface area contributed by atoms with Crippen LogP contribution in [0.5, 0.6) is 5.88 Å². The summed E-state index contributed by atoms with van der Waals surface area (Å²) in [7, 11) is -2.28. The average molecular weight is 378 g/mol. The van der Waals surface area contributed by atoms with Crippen LogP contribution in [-0.2, 0) is 10.0 Å². The highest BCUT2D eigenvalue weighted by molar-refractivity contribution is 9.10. The van der Waals surface area contributed by atoms with Crippen molar-refractivity contribution in [2.24, 2.45) is 0 Å². The Morgan fingerprint density at radius 2 is 2.05 bits per heavy atom. The molecule has 106 valence electrons. The van der Waals surface area contributed by atoms with Crippen LogP contribution in [0.2, 0.25) is 5.02 Å². The van der Waals surface area contributed by atoms with E-state index in [1.54, 1.807) is 18.2 Å². The third-order valence-electron chi connectivity index (χ3n) is 2.38. The van der Waals surface area contributed by atoms with Crippen molar-refractivity contribution in [3.8, 4) is 5.88 Å². The van der Waals surface area contributed by atoms with Crippen LogP contribution in [0, 0.1) is 0 Å². The minimum atomic E-state index is -3.76. The maximum Gasteiger partial charge on any atom is 0.263 e. The molecule has 0 atom stereocenters. The second-order valence-corrected chi connectivity index (χ2v) is 6.74. The predicted molar refractivity (Wildman–Crippen MR) is 80.7 cm³/mol. The topological polar surface area (TPSA) is 68.3 Å². The second kappa shape index (κ2) is 5.99. The number of anilines is 1. The Morgan fingerprint density at radius 3 is 2.60 bits per heavy atom. The molecule has 0 unspecified atom stereocenters. The molecule has 1 aromatic carbocycles. The first kappa shape index (κ1) is 15.1. The van der Waals surface area contributed by atoms with Gasteiger partial charge in [0.05, 0.1) is 24.0 Å². The molecule has 0 saturated heterocycles. The van der Waals surface area contributed by atoms with E-state index in [1.807, 2.05) is 0 Å². The minimum absolute atomic E-state index is 0.00168. The highest BCUT2D eigenvalue weighted by Crippen LogP contribution is 2.27. The first-order valence-electron chi connectivity index (χ1n) is 5.40. The van der Waals surface area contributed by atoms with E-state index in [0.717, 1.165) is 0 Å². The van der Waals surface area contributed by atoms with Crippen LogP contribution in [-0.4, -0.2) is 20.5 Å². The van der Waals surface area contributed by atoms with E-state index in [9.17, 15) is 8.42 Å². The van der Waals surface area contributed by atoms with Gasteiger partial charge in [0.15, 0.2) is 0 Å². The van der Waals surface area contributed by atoms with E-state index in [2.05, 4.69) is 25.6 Å². The van der Waals surface area contributed by atoms with Crippen LogP contribution in [0.3, 0.4) is 0 Å². The summed E-state index contributed by atoms with van der Waals surface area (Å²) >= 11 is 9.17. The van der Waals surface area contributed by atoms with Crippen molar-refractivity contribution in [2.45, 2.75) is 4.90 Å². The maximum atomic E-state index is 12.2. The van der Waals surface area contributed by atoms with Crippen LogP contribution >= 0.6 is 27.5 Å². The molecule has 0 radical (unpaired) electrons. The normalized spacial score (nSPS) is 11.2. The molecule has 1 heterocycles. The smallest absolute Gasteiger partial charge is 0.263 e. The molecule has 0 aliphatic rings. The molecule has 1 aromatic heterocycles. The molecular formula is C12H10BrClN2O3S. The number of nitrogens with one attached hydrogen (secondary N) is 1. The number of methoxy groups -OCH3 is 1. The Kier molecular flexibility index (Phi) is 4.52. The van der Waals surface area contributed by atoms with Crippen molar-refractivity contribution in [2.75, 3.05) is 11.8 Å². The van der Waals surface area contributed by atoms with Crippen LogP contribution < -0.4 is 9.46 Å². The molecule has 20 heavy (non-hydrogen) atoms.